The van der Waals surface area contributed by atoms with Crippen LogP contribution in [0.2, 0.25) is 0 Å². The predicted octanol–water partition coefficient (Wildman–Crippen LogP) is -0.0383. The van der Waals surface area contributed by atoms with Crippen LogP contribution in [-0.2, 0) is 14.4 Å². The topological polar surface area (TPSA) is 71.4 Å². The molecule has 0 bridgehead atoms. The van der Waals surface area contributed by atoms with Crippen LogP contribution in [0.4, 0.5) is 0 Å². The molecule has 0 aliphatic heterocycles. The Morgan fingerprint density at radius 3 is 2.20 bits per heavy atom. The monoisotopic (exact) mass is 162 g/mol. The molecule has 0 saturated heterocycles. The molecule has 0 spiro atoms. The van der Waals surface area contributed by atoms with E-state index >= 15 is 0 Å². The van der Waals surface area contributed by atoms with Gasteiger partial charge >= 0.3 is 5.97 Å². The SMILES string of the molecule is O=CC(=O)/C(Cl)=C/C(=O)O. The van der Waals surface area contributed by atoms with Gasteiger partial charge in [-0.25, -0.2) is 4.79 Å². The first-order valence-electron chi connectivity index (χ1n) is 2.17. The minimum absolute atomic E-state index is 0.0538. The maximum absolute atomic E-state index is 10.2. The van der Waals surface area contributed by atoms with Crippen molar-refractivity contribution in [3.8, 4) is 0 Å². The van der Waals surface area contributed by atoms with Gasteiger partial charge in [0.15, 0.2) is 6.29 Å². The molecule has 0 rings (SSSR count). The second-order valence-corrected chi connectivity index (χ2v) is 1.72. The van der Waals surface area contributed by atoms with Gasteiger partial charge in [0.2, 0.25) is 5.78 Å². The van der Waals surface area contributed by atoms with Crippen LogP contribution in [0.5, 0.6) is 0 Å². The average Bonchev–Trinajstić information content (AvgIpc) is 1.85. The Hall–Kier alpha value is -1.16. The number of carboxylic acids is 1. The first kappa shape index (κ1) is 8.84. The van der Waals surface area contributed by atoms with E-state index in [0.717, 1.165) is 0 Å². The fourth-order valence-electron chi connectivity index (χ4n) is 0.236. The molecule has 5 heteroatoms. The summed E-state index contributed by atoms with van der Waals surface area (Å²) < 4.78 is 0. The molecule has 0 aromatic carbocycles. The standard InChI is InChI=1S/C5H3ClO4/c6-3(1-5(9)10)4(8)2-7/h1-2H,(H,9,10)/b3-1-. The van der Waals surface area contributed by atoms with Gasteiger partial charge < -0.3 is 5.11 Å². The first-order chi connectivity index (χ1) is 4.57. The number of allylic oxidation sites excluding steroid dienone is 1. The van der Waals surface area contributed by atoms with Crippen LogP contribution in [0.15, 0.2) is 11.1 Å². The molecule has 0 heterocycles. The summed E-state index contributed by atoms with van der Waals surface area (Å²) in [5.74, 6) is -2.40. The average molecular weight is 163 g/mol. The van der Waals surface area contributed by atoms with Crippen molar-refractivity contribution in [3.05, 3.63) is 11.1 Å². The van der Waals surface area contributed by atoms with Crippen LogP contribution in [-0.4, -0.2) is 23.1 Å². The normalized spacial score (nSPS) is 10.7. The van der Waals surface area contributed by atoms with Crippen LogP contribution in [0.25, 0.3) is 0 Å². The summed E-state index contributed by atoms with van der Waals surface area (Å²) in [6, 6.07) is 0. The number of carboxylic acid groups (broad SMARTS) is 1. The number of rotatable bonds is 3. The molecule has 54 valence electrons. The lowest BCUT2D eigenvalue weighted by Crippen LogP contribution is -2.00. The smallest absolute Gasteiger partial charge is 0.329 e. The Morgan fingerprint density at radius 2 is 1.90 bits per heavy atom. The van der Waals surface area contributed by atoms with Gasteiger partial charge in [0.25, 0.3) is 0 Å². The summed E-state index contributed by atoms with van der Waals surface area (Å²) in [5.41, 5.74) is 0. The highest BCUT2D eigenvalue weighted by atomic mass is 35.5. The lowest BCUT2D eigenvalue weighted by Gasteiger charge is -1.84. The first-order valence-corrected chi connectivity index (χ1v) is 2.55. The zero-order chi connectivity index (χ0) is 8.15. The Kier molecular flexibility index (Phi) is 3.35. The van der Waals surface area contributed by atoms with Crippen molar-refractivity contribution < 1.29 is 19.5 Å². The van der Waals surface area contributed by atoms with E-state index in [2.05, 4.69) is 0 Å². The van der Waals surface area contributed by atoms with Crippen molar-refractivity contribution in [1.29, 1.82) is 0 Å². The number of aliphatic carboxylic acids is 1. The molecule has 10 heavy (non-hydrogen) atoms. The van der Waals surface area contributed by atoms with Gasteiger partial charge in [0.1, 0.15) is 0 Å². The molecule has 0 fully saturated rings. The van der Waals surface area contributed by atoms with E-state index in [1.54, 1.807) is 0 Å². The number of hydrogen-bond acceptors (Lipinski definition) is 3. The van der Waals surface area contributed by atoms with E-state index < -0.39 is 16.8 Å². The van der Waals surface area contributed by atoms with E-state index in [1.165, 1.54) is 0 Å². The van der Waals surface area contributed by atoms with Crippen molar-refractivity contribution in [2.24, 2.45) is 0 Å². The Balaban J connectivity index is 4.33. The summed E-state index contributed by atoms with van der Waals surface area (Å²) in [7, 11) is 0. The molecule has 0 atom stereocenters. The molecule has 0 aliphatic carbocycles. The van der Waals surface area contributed by atoms with Crippen molar-refractivity contribution in [3.63, 3.8) is 0 Å². The summed E-state index contributed by atoms with van der Waals surface area (Å²) in [6.45, 7) is 0. The second-order valence-electron chi connectivity index (χ2n) is 1.31. The third kappa shape index (κ3) is 2.99. The van der Waals surface area contributed by atoms with Crippen molar-refractivity contribution in [2.75, 3.05) is 0 Å². The molecular formula is C5H3ClO4. The largest absolute Gasteiger partial charge is 0.478 e. The number of aldehydes is 1. The quantitative estimate of drug-likeness (QED) is 0.359. The number of hydrogen-bond donors (Lipinski definition) is 1. The molecule has 0 aromatic rings. The van der Waals surface area contributed by atoms with E-state index in [-0.39, 0.29) is 6.29 Å². The Bertz CT molecular complexity index is 206. The van der Waals surface area contributed by atoms with Crippen LogP contribution >= 0.6 is 11.6 Å². The minimum Gasteiger partial charge on any atom is -0.478 e. The fourth-order valence-corrected chi connectivity index (χ4v) is 0.374. The van der Waals surface area contributed by atoms with Crippen molar-refractivity contribution in [2.45, 2.75) is 0 Å². The highest BCUT2D eigenvalue weighted by molar-refractivity contribution is 6.53. The van der Waals surface area contributed by atoms with Gasteiger partial charge in [-0.1, -0.05) is 11.6 Å². The van der Waals surface area contributed by atoms with E-state index in [0.29, 0.717) is 6.08 Å². The summed E-state index contributed by atoms with van der Waals surface area (Å²) in [5, 5.41) is 7.40. The van der Waals surface area contributed by atoms with Crippen molar-refractivity contribution >= 4 is 29.6 Å². The zero-order valence-electron chi connectivity index (χ0n) is 4.70. The van der Waals surface area contributed by atoms with E-state index in [9.17, 15) is 14.4 Å². The van der Waals surface area contributed by atoms with Crippen LogP contribution in [0.3, 0.4) is 0 Å². The molecule has 1 N–H and O–H groups in total. The van der Waals surface area contributed by atoms with Crippen LogP contribution in [0.1, 0.15) is 0 Å². The van der Waals surface area contributed by atoms with Gasteiger partial charge in [0, 0.05) is 6.08 Å². The Labute approximate surface area is 61.1 Å². The van der Waals surface area contributed by atoms with Gasteiger partial charge in [-0.05, 0) is 0 Å². The van der Waals surface area contributed by atoms with Crippen molar-refractivity contribution in [1.82, 2.24) is 0 Å². The molecule has 4 nitrogen and oxygen atoms in total. The van der Waals surface area contributed by atoms with Crippen LogP contribution in [0, 0.1) is 0 Å². The van der Waals surface area contributed by atoms with E-state index in [4.69, 9.17) is 16.7 Å². The third-order valence-corrected chi connectivity index (χ3v) is 0.888. The molecule has 0 aromatic heterocycles. The highest BCUT2D eigenvalue weighted by Gasteiger charge is 2.05. The van der Waals surface area contributed by atoms with Gasteiger partial charge in [-0.3, -0.25) is 9.59 Å². The Morgan fingerprint density at radius 1 is 1.40 bits per heavy atom. The number of carbonyl (C=O) groups is 3. The van der Waals surface area contributed by atoms with Gasteiger partial charge in [0.05, 0.1) is 5.03 Å². The zero-order valence-corrected chi connectivity index (χ0v) is 5.46. The highest BCUT2D eigenvalue weighted by Crippen LogP contribution is 1.99. The molecule has 0 unspecified atom stereocenters. The minimum atomic E-state index is -1.36. The number of carbonyl (C=O) groups excluding carboxylic acids is 2. The maximum atomic E-state index is 10.2. The lowest BCUT2D eigenvalue weighted by atomic mass is 10.4. The molecule has 0 saturated carbocycles. The summed E-state index contributed by atoms with van der Waals surface area (Å²) in [6.07, 6.45) is 0.403. The second kappa shape index (κ2) is 3.79. The molecule has 0 aliphatic rings. The molecular weight excluding hydrogens is 160 g/mol. The number of halogens is 1. The maximum Gasteiger partial charge on any atom is 0.329 e. The summed E-state index contributed by atoms with van der Waals surface area (Å²) >= 11 is 5.03. The molecule has 0 radical (unpaired) electrons. The van der Waals surface area contributed by atoms with Crippen LogP contribution < -0.4 is 0 Å². The number of ketones is 1. The lowest BCUT2D eigenvalue weighted by molar-refractivity contribution is -0.131. The number of Topliss-reactive ketones (excluding diaryl/α,β-unsaturated/α-hetero) is 1. The van der Waals surface area contributed by atoms with Gasteiger partial charge in [-0.2, -0.15) is 0 Å². The van der Waals surface area contributed by atoms with E-state index in [1.807, 2.05) is 0 Å². The predicted molar refractivity (Wildman–Crippen MR) is 32.6 cm³/mol. The fraction of sp³-hybridized carbons (Fsp3) is 0. The summed E-state index contributed by atoms with van der Waals surface area (Å²) in [4.78, 5) is 29.7. The van der Waals surface area contributed by atoms with Gasteiger partial charge in [-0.15, -0.1) is 0 Å². The third-order valence-electron chi connectivity index (χ3n) is 0.593. The molecule has 0 amide bonds.